The summed E-state index contributed by atoms with van der Waals surface area (Å²) >= 11 is 0. The molecule has 0 aromatic rings. The van der Waals surface area contributed by atoms with E-state index in [2.05, 4.69) is 9.35 Å². The first-order chi connectivity index (χ1) is 5.62. The van der Waals surface area contributed by atoms with Crippen molar-refractivity contribution in [3.63, 3.8) is 0 Å². The van der Waals surface area contributed by atoms with Crippen LogP contribution >= 0.6 is 15.2 Å². The summed E-state index contributed by atoms with van der Waals surface area (Å²) in [4.78, 5) is 15.4. The Morgan fingerprint density at radius 1 is 1.00 bits per heavy atom. The van der Waals surface area contributed by atoms with Crippen LogP contribution in [0.1, 0.15) is 13.8 Å². The summed E-state index contributed by atoms with van der Waals surface area (Å²) in [7, 11) is -9.51. The fourth-order valence-corrected chi connectivity index (χ4v) is 2.26. The smallest absolute Gasteiger partial charge is 0.322 e. The van der Waals surface area contributed by atoms with Gasteiger partial charge in [0.1, 0.15) is 0 Å². The van der Waals surface area contributed by atoms with Crippen molar-refractivity contribution in [3.8, 4) is 0 Å². The van der Waals surface area contributed by atoms with Crippen LogP contribution in [0.3, 0.4) is 0 Å². The molecule has 0 fully saturated rings. The van der Waals surface area contributed by atoms with Gasteiger partial charge in [-0.3, -0.25) is 9.13 Å². The maximum absolute atomic E-state index is 11.0. The average Bonchev–Trinajstić information content (AvgIpc) is 2.03. The van der Waals surface area contributed by atoms with Gasteiger partial charge in [-0.1, -0.05) is 0 Å². The van der Waals surface area contributed by atoms with Gasteiger partial charge in [0.25, 0.3) is 0 Å². The van der Waals surface area contributed by atoms with E-state index in [0.29, 0.717) is 0 Å². The molecule has 0 aliphatic heterocycles. The fourth-order valence-electron chi connectivity index (χ4n) is 0.360. The third-order valence-electron chi connectivity index (χ3n) is 1.60. The molecular weight excluding hydrogens is 315 g/mol. The Morgan fingerprint density at radius 3 is 1.36 bits per heavy atom. The zero-order valence-corrected chi connectivity index (χ0v) is 12.0. The Kier molecular flexibility index (Phi) is 7.07. The van der Waals surface area contributed by atoms with Crippen LogP contribution in [0.4, 0.5) is 0 Å². The van der Waals surface area contributed by atoms with E-state index in [9.17, 15) is 9.13 Å². The van der Waals surface area contributed by atoms with Crippen LogP contribution < -0.4 is 0 Å². The molecular formula is C3H10O8P2Y. The van der Waals surface area contributed by atoms with Gasteiger partial charge < -0.3 is 9.79 Å². The predicted octanol–water partition coefficient (Wildman–Crippen LogP) is 1.07. The predicted molar refractivity (Wildman–Crippen MR) is 41.2 cm³/mol. The second kappa shape index (κ2) is 5.59. The van der Waals surface area contributed by atoms with Crippen molar-refractivity contribution in [2.24, 2.45) is 0 Å². The van der Waals surface area contributed by atoms with Gasteiger partial charge in [0.2, 0.25) is 0 Å². The standard InChI is InChI=1S/C3H10O8P2.Y/c1-3(2,12(6,7)10-4)13(8,9)11-5;/h4-5H,1-2H3,(H,6,7)(H,8,9);. The summed E-state index contributed by atoms with van der Waals surface area (Å²) in [6, 6.07) is 0. The third kappa shape index (κ3) is 3.16. The Balaban J connectivity index is 0. The van der Waals surface area contributed by atoms with Crippen molar-refractivity contribution < 1.29 is 71.5 Å². The topological polar surface area (TPSA) is 134 Å². The van der Waals surface area contributed by atoms with Gasteiger partial charge in [-0.15, -0.1) is 0 Å². The van der Waals surface area contributed by atoms with E-state index >= 15 is 0 Å². The van der Waals surface area contributed by atoms with Crippen LogP contribution in [0.25, 0.3) is 0 Å². The second-order valence-corrected chi connectivity index (χ2v) is 7.70. The Bertz CT molecular complexity index is 250. The molecule has 83 valence electrons. The van der Waals surface area contributed by atoms with Crippen LogP contribution in [-0.4, -0.2) is 25.2 Å². The largest absolute Gasteiger partial charge is 0.372 e. The molecule has 0 spiro atoms. The number of rotatable bonds is 4. The summed E-state index contributed by atoms with van der Waals surface area (Å²) in [5, 5.41) is 16.0. The fraction of sp³-hybridized carbons (Fsp3) is 1.00. The molecule has 0 aromatic carbocycles. The van der Waals surface area contributed by atoms with Gasteiger partial charge in [-0.05, 0) is 13.8 Å². The quantitative estimate of drug-likeness (QED) is 0.343. The molecule has 0 rings (SSSR count). The molecule has 0 bridgehead atoms. The first-order valence-corrected chi connectivity index (χ1v) is 6.10. The molecule has 11 heteroatoms. The van der Waals surface area contributed by atoms with E-state index in [1.54, 1.807) is 0 Å². The van der Waals surface area contributed by atoms with Crippen molar-refractivity contribution in [1.82, 2.24) is 0 Å². The molecule has 0 aromatic heterocycles. The van der Waals surface area contributed by atoms with Gasteiger partial charge in [0, 0.05) is 32.7 Å². The van der Waals surface area contributed by atoms with E-state index in [-0.39, 0.29) is 32.7 Å². The van der Waals surface area contributed by atoms with Crippen LogP contribution in [0.2, 0.25) is 0 Å². The third-order valence-corrected chi connectivity index (χ3v) is 6.33. The molecule has 4 N–H and O–H groups in total. The summed E-state index contributed by atoms with van der Waals surface area (Å²) in [6.07, 6.45) is 0. The van der Waals surface area contributed by atoms with Gasteiger partial charge in [0.05, 0.1) is 0 Å². The molecule has 0 saturated carbocycles. The molecule has 0 heterocycles. The minimum Gasteiger partial charge on any atom is -0.322 e. The van der Waals surface area contributed by atoms with Gasteiger partial charge >= 0.3 is 15.2 Å². The van der Waals surface area contributed by atoms with Crippen LogP contribution in [0.5, 0.6) is 0 Å². The molecule has 0 aliphatic carbocycles. The van der Waals surface area contributed by atoms with Crippen LogP contribution in [-0.2, 0) is 51.2 Å². The van der Waals surface area contributed by atoms with E-state index in [1.807, 2.05) is 0 Å². The van der Waals surface area contributed by atoms with Crippen molar-refractivity contribution in [3.05, 3.63) is 0 Å². The molecule has 14 heavy (non-hydrogen) atoms. The molecule has 1 radical (unpaired) electrons. The molecule has 2 atom stereocenters. The first-order valence-electron chi connectivity index (χ1n) is 2.94. The van der Waals surface area contributed by atoms with E-state index in [1.165, 1.54) is 0 Å². The van der Waals surface area contributed by atoms with Gasteiger partial charge in [0.15, 0.2) is 4.90 Å². The Hall–Kier alpha value is 1.32. The van der Waals surface area contributed by atoms with Crippen molar-refractivity contribution in [2.75, 3.05) is 0 Å². The van der Waals surface area contributed by atoms with Crippen molar-refractivity contribution in [1.29, 1.82) is 0 Å². The maximum Gasteiger partial charge on any atom is 0.372 e. The zero-order chi connectivity index (χ0) is 10.9. The van der Waals surface area contributed by atoms with Gasteiger partial charge in [-0.2, -0.15) is 9.35 Å². The number of hydrogen-bond donors (Lipinski definition) is 4. The monoisotopic (exact) mass is 325 g/mol. The summed E-state index contributed by atoms with van der Waals surface area (Å²) in [6.45, 7) is 1.64. The summed E-state index contributed by atoms with van der Waals surface area (Å²) in [5.74, 6) is 0. The SMILES string of the molecule is CC(C)(P(=O)(O)OO)P(=O)(O)OO.[Y]. The van der Waals surface area contributed by atoms with Crippen molar-refractivity contribution in [2.45, 2.75) is 18.7 Å². The van der Waals surface area contributed by atoms with E-state index < -0.39 is 20.1 Å². The molecule has 2 unspecified atom stereocenters. The summed E-state index contributed by atoms with van der Waals surface area (Å²) in [5.41, 5.74) is 0. The summed E-state index contributed by atoms with van der Waals surface area (Å²) < 4.78 is 28.3. The first kappa shape index (κ1) is 17.7. The normalized spacial score (nSPS) is 20.4. The van der Waals surface area contributed by atoms with E-state index in [0.717, 1.165) is 13.8 Å². The maximum atomic E-state index is 11.0. The molecule has 0 saturated heterocycles. The average molecular weight is 325 g/mol. The minimum atomic E-state index is -4.76. The Morgan fingerprint density at radius 2 is 1.21 bits per heavy atom. The molecule has 8 nitrogen and oxygen atoms in total. The van der Waals surface area contributed by atoms with E-state index in [4.69, 9.17) is 20.3 Å². The zero-order valence-electron chi connectivity index (χ0n) is 7.39. The van der Waals surface area contributed by atoms with Crippen molar-refractivity contribution >= 4 is 15.2 Å². The minimum absolute atomic E-state index is 0. The molecule has 0 amide bonds. The Labute approximate surface area is 105 Å². The second-order valence-electron chi connectivity index (χ2n) is 2.70. The van der Waals surface area contributed by atoms with Crippen LogP contribution in [0.15, 0.2) is 0 Å². The van der Waals surface area contributed by atoms with Gasteiger partial charge in [-0.25, -0.2) is 10.5 Å². The van der Waals surface area contributed by atoms with Crippen LogP contribution in [0, 0.1) is 0 Å². The number of hydrogen-bond acceptors (Lipinski definition) is 6. The molecule has 0 aliphatic rings.